The summed E-state index contributed by atoms with van der Waals surface area (Å²) in [6.07, 6.45) is 3.82. The van der Waals surface area contributed by atoms with E-state index in [0.29, 0.717) is 0 Å². The third kappa shape index (κ3) is 2.15. The largest absolute Gasteiger partial charge is 0.461 e. The molecule has 0 aliphatic rings. The molecule has 0 unspecified atom stereocenters. The van der Waals surface area contributed by atoms with Crippen LogP contribution < -0.4 is 5.73 Å². The third-order valence-corrected chi connectivity index (χ3v) is 2.21. The maximum Gasteiger partial charge on any atom is 0.361 e. The number of nitrogens with two attached hydrogens (primary N) is 1. The Balaban J connectivity index is 2.41. The van der Waals surface area contributed by atoms with Gasteiger partial charge in [0.15, 0.2) is 11.5 Å². The van der Waals surface area contributed by atoms with Crippen LogP contribution >= 0.6 is 0 Å². The van der Waals surface area contributed by atoms with Crippen LogP contribution in [0.1, 0.15) is 17.4 Å². The molecule has 7 heteroatoms. The number of aromatic nitrogens is 3. The van der Waals surface area contributed by atoms with E-state index in [9.17, 15) is 9.18 Å². The fourth-order valence-electron chi connectivity index (χ4n) is 1.42. The molecule has 0 bridgehead atoms. The number of halogens is 1. The molecule has 0 radical (unpaired) electrons. The summed E-state index contributed by atoms with van der Waals surface area (Å²) in [7, 11) is 0. The molecule has 0 spiro atoms. The van der Waals surface area contributed by atoms with Gasteiger partial charge in [-0.05, 0) is 13.0 Å². The second-order valence-corrected chi connectivity index (χ2v) is 3.43. The van der Waals surface area contributed by atoms with E-state index in [1.807, 2.05) is 0 Å². The molecular formula is C11H11FN4O2. The molecule has 0 amide bonds. The Morgan fingerprint density at radius 3 is 3.06 bits per heavy atom. The summed E-state index contributed by atoms with van der Waals surface area (Å²) >= 11 is 0. The first-order valence-corrected chi connectivity index (χ1v) is 5.25. The van der Waals surface area contributed by atoms with E-state index < -0.39 is 11.8 Å². The fourth-order valence-corrected chi connectivity index (χ4v) is 1.42. The van der Waals surface area contributed by atoms with E-state index in [4.69, 9.17) is 10.5 Å². The molecule has 0 aromatic carbocycles. The van der Waals surface area contributed by atoms with Crippen molar-refractivity contribution in [2.45, 2.75) is 6.92 Å². The van der Waals surface area contributed by atoms with Crippen molar-refractivity contribution in [1.29, 1.82) is 0 Å². The number of esters is 1. The first kappa shape index (κ1) is 12.0. The lowest BCUT2D eigenvalue weighted by molar-refractivity contribution is 0.0520. The van der Waals surface area contributed by atoms with Crippen molar-refractivity contribution >= 4 is 11.7 Å². The Morgan fingerprint density at radius 2 is 2.39 bits per heavy atom. The average Bonchev–Trinajstić information content (AvgIpc) is 2.72. The molecular weight excluding hydrogens is 239 g/mol. The maximum absolute atomic E-state index is 13.5. The Hall–Kier alpha value is -2.44. The van der Waals surface area contributed by atoms with Gasteiger partial charge in [-0.25, -0.2) is 13.9 Å². The summed E-state index contributed by atoms with van der Waals surface area (Å²) < 4.78 is 19.5. The SMILES string of the molecule is CCOC(=O)c1nn(-c2ccncc2F)cc1N. The van der Waals surface area contributed by atoms with Gasteiger partial charge in [-0.2, -0.15) is 5.10 Å². The van der Waals surface area contributed by atoms with Gasteiger partial charge in [-0.1, -0.05) is 0 Å². The molecule has 2 rings (SSSR count). The molecule has 0 saturated heterocycles. The summed E-state index contributed by atoms with van der Waals surface area (Å²) in [6.45, 7) is 1.89. The van der Waals surface area contributed by atoms with Crippen LogP contribution in [0.2, 0.25) is 0 Å². The molecule has 0 fully saturated rings. The highest BCUT2D eigenvalue weighted by atomic mass is 19.1. The summed E-state index contributed by atoms with van der Waals surface area (Å²) in [4.78, 5) is 15.1. The van der Waals surface area contributed by atoms with E-state index in [1.165, 1.54) is 23.1 Å². The van der Waals surface area contributed by atoms with E-state index in [2.05, 4.69) is 10.1 Å². The van der Waals surface area contributed by atoms with Gasteiger partial charge in [0, 0.05) is 6.20 Å². The minimum Gasteiger partial charge on any atom is -0.461 e. The Labute approximate surface area is 102 Å². The van der Waals surface area contributed by atoms with Gasteiger partial charge in [0.2, 0.25) is 0 Å². The normalized spacial score (nSPS) is 10.3. The average molecular weight is 250 g/mol. The van der Waals surface area contributed by atoms with E-state index in [-0.39, 0.29) is 23.7 Å². The van der Waals surface area contributed by atoms with Crippen molar-refractivity contribution in [2.24, 2.45) is 0 Å². The Bertz CT molecular complexity index is 582. The van der Waals surface area contributed by atoms with Gasteiger partial charge in [0.25, 0.3) is 0 Å². The van der Waals surface area contributed by atoms with Crippen LogP contribution in [0.4, 0.5) is 10.1 Å². The van der Waals surface area contributed by atoms with Gasteiger partial charge in [0.05, 0.1) is 24.7 Å². The first-order chi connectivity index (χ1) is 8.63. The molecule has 0 saturated carbocycles. The van der Waals surface area contributed by atoms with Crippen LogP contribution in [0.5, 0.6) is 0 Å². The highest BCUT2D eigenvalue weighted by Crippen LogP contribution is 2.16. The lowest BCUT2D eigenvalue weighted by Gasteiger charge is -2.01. The summed E-state index contributed by atoms with van der Waals surface area (Å²) in [5.74, 6) is -1.20. The van der Waals surface area contributed by atoms with Gasteiger partial charge in [-0.3, -0.25) is 4.98 Å². The molecule has 0 aliphatic carbocycles. The quantitative estimate of drug-likeness (QED) is 0.826. The first-order valence-electron chi connectivity index (χ1n) is 5.25. The molecule has 0 aliphatic heterocycles. The van der Waals surface area contributed by atoms with Crippen LogP contribution in [0.15, 0.2) is 24.7 Å². The number of nitrogens with zero attached hydrogens (tertiary/aromatic N) is 3. The van der Waals surface area contributed by atoms with Crippen LogP contribution in [-0.2, 0) is 4.74 Å². The van der Waals surface area contributed by atoms with E-state index in [1.54, 1.807) is 6.92 Å². The third-order valence-electron chi connectivity index (χ3n) is 2.21. The number of carbonyl (C=O) groups excluding carboxylic acids is 1. The number of hydrogen-bond donors (Lipinski definition) is 1. The minimum atomic E-state index is -0.636. The van der Waals surface area contributed by atoms with E-state index >= 15 is 0 Å². The molecule has 2 N–H and O–H groups in total. The van der Waals surface area contributed by atoms with Crippen molar-refractivity contribution in [3.05, 3.63) is 36.2 Å². The Morgan fingerprint density at radius 1 is 1.61 bits per heavy atom. The molecule has 18 heavy (non-hydrogen) atoms. The van der Waals surface area contributed by atoms with Crippen molar-refractivity contribution in [1.82, 2.24) is 14.8 Å². The topological polar surface area (TPSA) is 83.0 Å². The molecule has 2 aromatic heterocycles. The lowest BCUT2D eigenvalue weighted by atomic mass is 10.4. The maximum atomic E-state index is 13.5. The van der Waals surface area contributed by atoms with Crippen molar-refractivity contribution in [3.63, 3.8) is 0 Å². The van der Waals surface area contributed by atoms with Crippen LogP contribution in [0.3, 0.4) is 0 Å². The van der Waals surface area contributed by atoms with Crippen molar-refractivity contribution in [2.75, 3.05) is 12.3 Å². The van der Waals surface area contributed by atoms with Crippen molar-refractivity contribution in [3.8, 4) is 5.69 Å². The van der Waals surface area contributed by atoms with Gasteiger partial charge < -0.3 is 10.5 Å². The summed E-state index contributed by atoms with van der Waals surface area (Å²) in [5.41, 5.74) is 5.89. The highest BCUT2D eigenvalue weighted by Gasteiger charge is 2.17. The highest BCUT2D eigenvalue weighted by molar-refractivity contribution is 5.92. The van der Waals surface area contributed by atoms with Crippen LogP contribution in [0.25, 0.3) is 5.69 Å². The fraction of sp³-hybridized carbons (Fsp3) is 0.182. The number of carbonyl (C=O) groups is 1. The number of pyridine rings is 1. The summed E-state index contributed by atoms with van der Waals surface area (Å²) in [5, 5.41) is 3.91. The second-order valence-electron chi connectivity index (χ2n) is 3.43. The number of rotatable bonds is 3. The summed E-state index contributed by atoms with van der Waals surface area (Å²) in [6, 6.07) is 1.43. The number of ether oxygens (including phenoxy) is 1. The molecule has 94 valence electrons. The zero-order valence-corrected chi connectivity index (χ0v) is 9.63. The van der Waals surface area contributed by atoms with Gasteiger partial charge >= 0.3 is 5.97 Å². The molecule has 6 nitrogen and oxygen atoms in total. The lowest BCUT2D eigenvalue weighted by Crippen LogP contribution is -2.08. The number of hydrogen-bond acceptors (Lipinski definition) is 5. The van der Waals surface area contributed by atoms with E-state index in [0.717, 1.165) is 6.20 Å². The molecule has 2 heterocycles. The predicted molar refractivity (Wildman–Crippen MR) is 61.7 cm³/mol. The standard InChI is InChI=1S/C11H11FN4O2/c1-2-18-11(17)10-8(13)6-16(15-10)9-3-4-14-5-7(9)12/h3-6H,2,13H2,1H3. The minimum absolute atomic E-state index is 0.0342. The predicted octanol–water partition coefficient (Wildman–Crippen LogP) is 1.17. The number of anilines is 1. The Kier molecular flexibility index (Phi) is 3.22. The second kappa shape index (κ2) is 4.82. The number of nitrogen functional groups attached to an aromatic ring is 1. The zero-order chi connectivity index (χ0) is 13.1. The van der Waals surface area contributed by atoms with Gasteiger partial charge in [0.1, 0.15) is 5.69 Å². The molecule has 2 aromatic rings. The van der Waals surface area contributed by atoms with Crippen molar-refractivity contribution < 1.29 is 13.9 Å². The van der Waals surface area contributed by atoms with Gasteiger partial charge in [-0.15, -0.1) is 0 Å². The monoisotopic (exact) mass is 250 g/mol. The molecule has 0 atom stereocenters. The van der Waals surface area contributed by atoms with Crippen LogP contribution in [-0.4, -0.2) is 27.3 Å². The zero-order valence-electron chi connectivity index (χ0n) is 9.63. The van der Waals surface area contributed by atoms with Crippen LogP contribution in [0, 0.1) is 5.82 Å². The smallest absolute Gasteiger partial charge is 0.361 e.